The van der Waals surface area contributed by atoms with Gasteiger partial charge in [-0.3, -0.25) is 14.4 Å². The van der Waals surface area contributed by atoms with Crippen molar-refractivity contribution in [2.45, 2.75) is 32.2 Å². The van der Waals surface area contributed by atoms with E-state index < -0.39 is 12.0 Å². The van der Waals surface area contributed by atoms with E-state index in [1.165, 1.54) is 0 Å². The van der Waals surface area contributed by atoms with Crippen molar-refractivity contribution in [3.8, 4) is 0 Å². The Labute approximate surface area is 141 Å². The molecule has 1 aromatic carbocycles. The molecule has 2 aliphatic rings. The number of benzene rings is 1. The Hall–Kier alpha value is -2.37. The Morgan fingerprint density at radius 2 is 2.04 bits per heavy atom. The molecule has 6 heteroatoms. The summed E-state index contributed by atoms with van der Waals surface area (Å²) in [6.45, 7) is 3.08. The highest BCUT2D eigenvalue weighted by Crippen LogP contribution is 2.28. The second kappa shape index (κ2) is 6.63. The van der Waals surface area contributed by atoms with Gasteiger partial charge in [0.25, 0.3) is 0 Å². The monoisotopic (exact) mass is 329 g/mol. The van der Waals surface area contributed by atoms with Gasteiger partial charge in [0.15, 0.2) is 0 Å². The molecule has 2 aliphatic heterocycles. The van der Waals surface area contributed by atoms with E-state index in [1.807, 2.05) is 31.2 Å². The lowest BCUT2D eigenvalue weighted by Crippen LogP contribution is -2.43. The molecule has 0 spiro atoms. The van der Waals surface area contributed by atoms with Crippen LogP contribution in [0.5, 0.6) is 0 Å². The third-order valence-corrected chi connectivity index (χ3v) is 4.90. The summed E-state index contributed by atoms with van der Waals surface area (Å²) in [5.41, 5.74) is 1.98. The Bertz CT molecular complexity index is 673. The molecule has 2 saturated heterocycles. The second-order valence-corrected chi connectivity index (χ2v) is 6.50. The van der Waals surface area contributed by atoms with Gasteiger partial charge in [0.1, 0.15) is 6.04 Å². The van der Waals surface area contributed by atoms with E-state index >= 15 is 0 Å². The number of para-hydroxylation sites is 1. The molecule has 0 saturated carbocycles. The molecule has 0 aliphatic carbocycles. The molecule has 2 heterocycles. The highest BCUT2D eigenvalue weighted by Gasteiger charge is 2.38. The fourth-order valence-electron chi connectivity index (χ4n) is 3.44. The third kappa shape index (κ3) is 3.00. The summed E-state index contributed by atoms with van der Waals surface area (Å²) in [6, 6.07) is 7.34. The van der Waals surface area contributed by atoms with Crippen molar-refractivity contribution >= 4 is 23.4 Å². The molecule has 3 amide bonds. The van der Waals surface area contributed by atoms with Crippen molar-refractivity contribution in [3.63, 3.8) is 0 Å². The van der Waals surface area contributed by atoms with E-state index in [9.17, 15) is 14.4 Å². The summed E-state index contributed by atoms with van der Waals surface area (Å²) in [6.07, 6.45) is 1.66. The first-order valence-electron chi connectivity index (χ1n) is 8.45. The third-order valence-electron chi connectivity index (χ3n) is 4.90. The van der Waals surface area contributed by atoms with E-state index in [0.29, 0.717) is 19.5 Å². The quantitative estimate of drug-likeness (QED) is 0.894. The van der Waals surface area contributed by atoms with Crippen molar-refractivity contribution in [1.82, 2.24) is 10.2 Å². The maximum absolute atomic E-state index is 12.5. The molecule has 2 unspecified atom stereocenters. The van der Waals surface area contributed by atoms with Crippen molar-refractivity contribution in [2.75, 3.05) is 25.0 Å². The molecule has 1 N–H and O–H groups in total. The molecule has 2 atom stereocenters. The number of nitrogens with zero attached hydrogens (tertiary/aromatic N) is 2. The van der Waals surface area contributed by atoms with Crippen LogP contribution in [0, 0.1) is 5.92 Å². The first-order chi connectivity index (χ1) is 11.5. The van der Waals surface area contributed by atoms with Gasteiger partial charge in [-0.1, -0.05) is 25.1 Å². The number of anilines is 1. The molecular formula is C18H23N3O3. The topological polar surface area (TPSA) is 69.7 Å². The van der Waals surface area contributed by atoms with Crippen molar-refractivity contribution in [3.05, 3.63) is 29.8 Å². The summed E-state index contributed by atoms with van der Waals surface area (Å²) >= 11 is 0. The Morgan fingerprint density at radius 3 is 2.71 bits per heavy atom. The van der Waals surface area contributed by atoms with Crippen molar-refractivity contribution < 1.29 is 14.4 Å². The molecule has 0 radical (unpaired) electrons. The number of likely N-dealkylation sites (N-methyl/N-ethyl adjacent to an activating group) is 1. The molecule has 6 nitrogen and oxygen atoms in total. The predicted octanol–water partition coefficient (Wildman–Crippen LogP) is 0.949. The molecular weight excluding hydrogens is 306 g/mol. The van der Waals surface area contributed by atoms with Crippen LogP contribution >= 0.6 is 0 Å². The summed E-state index contributed by atoms with van der Waals surface area (Å²) in [7, 11) is 1.73. The normalized spacial score (nSPS) is 23.9. The van der Waals surface area contributed by atoms with E-state index in [1.54, 1.807) is 16.8 Å². The molecule has 1 aromatic rings. The second-order valence-electron chi connectivity index (χ2n) is 6.50. The maximum Gasteiger partial charge on any atom is 0.244 e. The summed E-state index contributed by atoms with van der Waals surface area (Å²) in [5, 5.41) is 2.81. The Balaban J connectivity index is 1.68. The van der Waals surface area contributed by atoms with Gasteiger partial charge in [-0.25, -0.2) is 0 Å². The fraction of sp³-hybridized carbons (Fsp3) is 0.500. The Kier molecular flexibility index (Phi) is 4.55. The number of hydrogen-bond acceptors (Lipinski definition) is 3. The smallest absolute Gasteiger partial charge is 0.244 e. The number of likely N-dealkylation sites (tertiary alicyclic amines) is 1. The minimum atomic E-state index is -0.449. The van der Waals surface area contributed by atoms with Gasteiger partial charge in [-0.05, 0) is 24.5 Å². The first kappa shape index (κ1) is 16.5. The molecule has 0 bridgehead atoms. The van der Waals surface area contributed by atoms with E-state index in [-0.39, 0.29) is 24.1 Å². The summed E-state index contributed by atoms with van der Waals surface area (Å²) in [4.78, 5) is 40.1. The predicted molar refractivity (Wildman–Crippen MR) is 90.5 cm³/mol. The average molecular weight is 329 g/mol. The summed E-state index contributed by atoms with van der Waals surface area (Å²) in [5.74, 6) is -0.693. The average Bonchev–Trinajstić information content (AvgIpc) is 3.12. The van der Waals surface area contributed by atoms with Crippen LogP contribution in [0.15, 0.2) is 24.3 Å². The maximum atomic E-state index is 12.5. The van der Waals surface area contributed by atoms with Gasteiger partial charge in [0, 0.05) is 32.2 Å². The van der Waals surface area contributed by atoms with Crippen LogP contribution in [0.2, 0.25) is 0 Å². The number of carbonyl (C=O) groups excluding carboxylic acids is 3. The standard InChI is InChI=1S/C18H23N3O3/c1-3-12-6-4-5-7-15(12)21-11-13(10-16(21)22)17(23)19-14-8-9-20(2)18(14)24/h4-7,13-14H,3,8-11H2,1-2H3,(H,19,23). The molecule has 3 rings (SSSR count). The van der Waals surface area contributed by atoms with Gasteiger partial charge in [-0.2, -0.15) is 0 Å². The summed E-state index contributed by atoms with van der Waals surface area (Å²) < 4.78 is 0. The van der Waals surface area contributed by atoms with Gasteiger partial charge in [-0.15, -0.1) is 0 Å². The number of amides is 3. The lowest BCUT2D eigenvalue weighted by Gasteiger charge is -2.20. The van der Waals surface area contributed by atoms with Crippen LogP contribution in [-0.4, -0.2) is 48.8 Å². The van der Waals surface area contributed by atoms with Crippen LogP contribution in [0.3, 0.4) is 0 Å². The van der Waals surface area contributed by atoms with E-state index in [4.69, 9.17) is 0 Å². The zero-order chi connectivity index (χ0) is 17.3. The fourth-order valence-corrected chi connectivity index (χ4v) is 3.44. The highest BCUT2D eigenvalue weighted by atomic mass is 16.2. The van der Waals surface area contributed by atoms with Crippen molar-refractivity contribution in [2.24, 2.45) is 5.92 Å². The first-order valence-corrected chi connectivity index (χ1v) is 8.45. The van der Waals surface area contributed by atoms with Crippen LogP contribution < -0.4 is 10.2 Å². The number of carbonyl (C=O) groups is 3. The van der Waals surface area contributed by atoms with E-state index in [0.717, 1.165) is 17.7 Å². The van der Waals surface area contributed by atoms with Crippen LogP contribution in [0.1, 0.15) is 25.3 Å². The van der Waals surface area contributed by atoms with Crippen LogP contribution in [0.25, 0.3) is 0 Å². The molecule has 0 aromatic heterocycles. The van der Waals surface area contributed by atoms with E-state index in [2.05, 4.69) is 5.32 Å². The van der Waals surface area contributed by atoms with Crippen LogP contribution in [-0.2, 0) is 20.8 Å². The highest BCUT2D eigenvalue weighted by molar-refractivity contribution is 6.01. The van der Waals surface area contributed by atoms with Gasteiger partial charge >= 0.3 is 0 Å². The zero-order valence-corrected chi connectivity index (χ0v) is 14.1. The SMILES string of the molecule is CCc1ccccc1N1CC(C(=O)NC2CCN(C)C2=O)CC1=O. The number of rotatable bonds is 4. The van der Waals surface area contributed by atoms with Gasteiger partial charge in [0.05, 0.1) is 5.92 Å². The number of aryl methyl sites for hydroxylation is 1. The lowest BCUT2D eigenvalue weighted by atomic mass is 10.1. The number of nitrogens with one attached hydrogen (secondary N) is 1. The van der Waals surface area contributed by atoms with Crippen molar-refractivity contribution in [1.29, 1.82) is 0 Å². The molecule has 128 valence electrons. The van der Waals surface area contributed by atoms with Gasteiger partial charge in [0.2, 0.25) is 17.7 Å². The zero-order valence-electron chi connectivity index (χ0n) is 14.1. The minimum absolute atomic E-state index is 0.0362. The van der Waals surface area contributed by atoms with Gasteiger partial charge < -0.3 is 15.1 Å². The lowest BCUT2D eigenvalue weighted by molar-refractivity contribution is -0.133. The molecule has 2 fully saturated rings. The number of hydrogen-bond donors (Lipinski definition) is 1. The Morgan fingerprint density at radius 1 is 1.29 bits per heavy atom. The van der Waals surface area contributed by atoms with Crippen LogP contribution in [0.4, 0.5) is 5.69 Å². The molecule has 24 heavy (non-hydrogen) atoms. The minimum Gasteiger partial charge on any atom is -0.344 e. The largest absolute Gasteiger partial charge is 0.344 e.